The number of hydrogen-bond acceptors (Lipinski definition) is 1. The van der Waals surface area contributed by atoms with Crippen molar-refractivity contribution in [1.29, 1.82) is 0 Å². The van der Waals surface area contributed by atoms with Crippen LogP contribution in [0.5, 0.6) is 0 Å². The van der Waals surface area contributed by atoms with Gasteiger partial charge < -0.3 is 5.73 Å². The first-order chi connectivity index (χ1) is 7.18. The minimum absolute atomic E-state index is 0.0492. The highest BCUT2D eigenvalue weighted by Gasteiger charge is 2.25. The zero-order chi connectivity index (χ0) is 10.8. The average molecular weight is 228 g/mol. The van der Waals surface area contributed by atoms with Crippen molar-refractivity contribution in [2.24, 2.45) is 11.7 Å². The molecule has 1 unspecified atom stereocenters. The molecule has 1 nitrogen and oxygen atoms in total. The summed E-state index contributed by atoms with van der Waals surface area (Å²) in [6.07, 6.45) is 4.15. The Hall–Kier alpha value is -0.600. The second-order valence-electron chi connectivity index (χ2n) is 4.26. The third kappa shape index (κ3) is 2.32. The Morgan fingerprint density at radius 3 is 2.73 bits per heavy atom. The summed E-state index contributed by atoms with van der Waals surface area (Å²) < 4.78 is 13.5. The summed E-state index contributed by atoms with van der Waals surface area (Å²) in [5.74, 6) is 0.318. The van der Waals surface area contributed by atoms with Crippen LogP contribution in [-0.2, 0) is 6.42 Å². The van der Waals surface area contributed by atoms with Gasteiger partial charge in [0.15, 0.2) is 0 Å². The largest absolute Gasteiger partial charge is 0.327 e. The Labute approximate surface area is 94.4 Å². The lowest BCUT2D eigenvalue weighted by Crippen LogP contribution is -2.36. The summed E-state index contributed by atoms with van der Waals surface area (Å²) in [4.78, 5) is 0. The van der Waals surface area contributed by atoms with Gasteiger partial charge in [0, 0.05) is 16.6 Å². The number of hydrogen-bond donors (Lipinski definition) is 1. The Kier molecular flexibility index (Phi) is 3.27. The van der Waals surface area contributed by atoms with Crippen molar-refractivity contribution >= 4 is 11.6 Å². The van der Waals surface area contributed by atoms with Crippen molar-refractivity contribution < 1.29 is 4.39 Å². The van der Waals surface area contributed by atoms with Gasteiger partial charge in [-0.25, -0.2) is 4.39 Å². The summed E-state index contributed by atoms with van der Waals surface area (Å²) in [6.45, 7) is 0. The molecule has 0 spiro atoms. The second kappa shape index (κ2) is 4.50. The number of benzene rings is 1. The van der Waals surface area contributed by atoms with Gasteiger partial charge in [0.25, 0.3) is 0 Å². The van der Waals surface area contributed by atoms with E-state index in [0.29, 0.717) is 22.9 Å². The van der Waals surface area contributed by atoms with E-state index in [1.807, 2.05) is 0 Å². The van der Waals surface area contributed by atoms with Crippen molar-refractivity contribution in [2.75, 3.05) is 0 Å². The highest BCUT2D eigenvalue weighted by atomic mass is 35.5. The van der Waals surface area contributed by atoms with Crippen molar-refractivity contribution in [3.63, 3.8) is 0 Å². The van der Waals surface area contributed by atoms with Crippen LogP contribution in [0.25, 0.3) is 0 Å². The van der Waals surface area contributed by atoms with E-state index in [0.717, 1.165) is 0 Å². The van der Waals surface area contributed by atoms with Crippen LogP contribution in [-0.4, -0.2) is 6.04 Å². The van der Waals surface area contributed by atoms with Crippen LogP contribution in [0.3, 0.4) is 0 Å². The molecule has 1 atom stereocenters. The lowest BCUT2D eigenvalue weighted by Gasteiger charge is -2.31. The maximum Gasteiger partial charge on any atom is 0.127 e. The van der Waals surface area contributed by atoms with Crippen LogP contribution < -0.4 is 5.73 Å². The van der Waals surface area contributed by atoms with E-state index >= 15 is 0 Å². The van der Waals surface area contributed by atoms with Gasteiger partial charge >= 0.3 is 0 Å². The molecule has 1 aromatic carbocycles. The lowest BCUT2D eigenvalue weighted by atomic mass is 9.78. The van der Waals surface area contributed by atoms with Gasteiger partial charge in [-0.15, -0.1) is 0 Å². The number of halogens is 2. The van der Waals surface area contributed by atoms with Gasteiger partial charge in [0.2, 0.25) is 0 Å². The molecule has 0 bridgehead atoms. The highest BCUT2D eigenvalue weighted by Crippen LogP contribution is 2.31. The molecular formula is C12H15ClFN. The molecular weight excluding hydrogens is 213 g/mol. The summed E-state index contributed by atoms with van der Waals surface area (Å²) in [5, 5.41) is 0.491. The van der Waals surface area contributed by atoms with Crippen molar-refractivity contribution in [3.05, 3.63) is 34.6 Å². The molecule has 0 radical (unpaired) electrons. The van der Waals surface area contributed by atoms with Gasteiger partial charge in [-0.2, -0.15) is 0 Å². The van der Waals surface area contributed by atoms with E-state index in [4.69, 9.17) is 17.3 Å². The van der Waals surface area contributed by atoms with E-state index in [2.05, 4.69) is 0 Å². The molecule has 0 amide bonds. The van der Waals surface area contributed by atoms with E-state index in [1.54, 1.807) is 12.1 Å². The number of rotatable bonds is 3. The van der Waals surface area contributed by atoms with E-state index in [9.17, 15) is 4.39 Å². The molecule has 15 heavy (non-hydrogen) atoms. The Bertz CT molecular complexity index is 329. The van der Waals surface area contributed by atoms with Crippen LogP contribution >= 0.6 is 11.6 Å². The highest BCUT2D eigenvalue weighted by molar-refractivity contribution is 6.31. The molecule has 1 aliphatic rings. The van der Waals surface area contributed by atoms with Crippen LogP contribution in [0.4, 0.5) is 4.39 Å². The van der Waals surface area contributed by atoms with Crippen molar-refractivity contribution in [1.82, 2.24) is 0 Å². The smallest absolute Gasteiger partial charge is 0.127 e. The minimum Gasteiger partial charge on any atom is -0.327 e. The average Bonchev–Trinajstić information content (AvgIpc) is 2.08. The predicted molar refractivity (Wildman–Crippen MR) is 60.4 cm³/mol. The molecule has 0 aliphatic heterocycles. The van der Waals surface area contributed by atoms with Crippen molar-refractivity contribution in [2.45, 2.75) is 31.7 Å². The van der Waals surface area contributed by atoms with Gasteiger partial charge in [-0.05, 0) is 37.3 Å². The quantitative estimate of drug-likeness (QED) is 0.844. The molecule has 1 aromatic rings. The third-order valence-corrected chi connectivity index (χ3v) is 3.61. The summed E-state index contributed by atoms with van der Waals surface area (Å²) in [7, 11) is 0. The van der Waals surface area contributed by atoms with Crippen LogP contribution in [0.15, 0.2) is 18.2 Å². The lowest BCUT2D eigenvalue weighted by molar-refractivity contribution is 0.259. The van der Waals surface area contributed by atoms with Crippen LogP contribution in [0.1, 0.15) is 24.8 Å². The normalized spacial score (nSPS) is 18.6. The molecule has 1 fully saturated rings. The van der Waals surface area contributed by atoms with Gasteiger partial charge in [0.05, 0.1) is 0 Å². The molecule has 82 valence electrons. The molecule has 2 rings (SSSR count). The monoisotopic (exact) mass is 227 g/mol. The van der Waals surface area contributed by atoms with Crippen LogP contribution in [0, 0.1) is 11.7 Å². The maximum atomic E-state index is 13.5. The predicted octanol–water partition coefficient (Wildman–Crippen LogP) is 3.15. The second-order valence-corrected chi connectivity index (χ2v) is 4.67. The first-order valence-corrected chi connectivity index (χ1v) is 5.74. The molecule has 0 heterocycles. The van der Waals surface area contributed by atoms with Gasteiger partial charge in [-0.1, -0.05) is 24.1 Å². The zero-order valence-electron chi connectivity index (χ0n) is 8.55. The first kappa shape index (κ1) is 10.9. The fourth-order valence-electron chi connectivity index (χ4n) is 2.00. The van der Waals surface area contributed by atoms with Gasteiger partial charge in [0.1, 0.15) is 5.82 Å². The molecule has 2 N–H and O–H groups in total. The summed E-state index contributed by atoms with van der Waals surface area (Å²) >= 11 is 5.94. The van der Waals surface area contributed by atoms with Crippen LogP contribution in [0.2, 0.25) is 5.02 Å². The fourth-order valence-corrected chi connectivity index (χ4v) is 2.24. The maximum absolute atomic E-state index is 13.5. The topological polar surface area (TPSA) is 26.0 Å². The Morgan fingerprint density at radius 2 is 2.20 bits per heavy atom. The zero-order valence-corrected chi connectivity index (χ0v) is 9.30. The van der Waals surface area contributed by atoms with E-state index < -0.39 is 0 Å². The molecule has 0 aromatic heterocycles. The van der Waals surface area contributed by atoms with Crippen molar-refractivity contribution in [3.8, 4) is 0 Å². The third-order valence-electron chi connectivity index (χ3n) is 3.26. The molecule has 1 aliphatic carbocycles. The Morgan fingerprint density at radius 1 is 1.47 bits per heavy atom. The molecule has 3 heteroatoms. The first-order valence-electron chi connectivity index (χ1n) is 5.37. The SMILES string of the molecule is NC(Cc1c(F)cccc1Cl)C1CCC1. The molecule has 1 saturated carbocycles. The standard InChI is InChI=1S/C12H15ClFN/c13-10-5-2-6-11(14)9(10)7-12(15)8-3-1-4-8/h2,5-6,8,12H,1,3-4,7,15H2. The minimum atomic E-state index is -0.239. The summed E-state index contributed by atoms with van der Waals surface area (Å²) in [5.41, 5.74) is 6.59. The Balaban J connectivity index is 2.09. The van der Waals surface area contributed by atoms with E-state index in [-0.39, 0.29) is 11.9 Å². The van der Waals surface area contributed by atoms with Gasteiger partial charge in [-0.3, -0.25) is 0 Å². The summed E-state index contributed by atoms with van der Waals surface area (Å²) in [6, 6.07) is 4.83. The fraction of sp³-hybridized carbons (Fsp3) is 0.500. The number of nitrogens with two attached hydrogens (primary N) is 1. The van der Waals surface area contributed by atoms with E-state index in [1.165, 1.54) is 25.3 Å². The molecule has 0 saturated heterocycles.